The van der Waals surface area contributed by atoms with Gasteiger partial charge in [0.05, 0.1) is 12.6 Å². The number of rotatable bonds is 6. The minimum Gasteiger partial charge on any atom is -0.492 e. The fraction of sp³-hybridized carbons (Fsp3) is 0.300. The van der Waals surface area contributed by atoms with E-state index in [0.717, 1.165) is 11.3 Å². The van der Waals surface area contributed by atoms with Gasteiger partial charge in [-0.25, -0.2) is 0 Å². The summed E-state index contributed by atoms with van der Waals surface area (Å²) in [6, 6.07) is 14.5. The van der Waals surface area contributed by atoms with Crippen molar-refractivity contribution in [1.82, 2.24) is 10.2 Å². The molecule has 0 aromatic heterocycles. The Hall–Kier alpha value is -3.02. The minimum absolute atomic E-state index is 0.0243. The van der Waals surface area contributed by atoms with Gasteiger partial charge in [0.15, 0.2) is 0 Å². The number of nitrogens with one attached hydrogen (secondary N) is 1. The zero-order valence-electron chi connectivity index (χ0n) is 14.8. The van der Waals surface area contributed by atoms with Crippen LogP contribution in [0.25, 0.3) is 0 Å². The highest BCUT2D eigenvalue weighted by molar-refractivity contribution is 5.97. The summed E-state index contributed by atoms with van der Waals surface area (Å²) >= 11 is 0. The monoisotopic (exact) mass is 353 g/mol. The second-order valence-electron chi connectivity index (χ2n) is 6.45. The average molecular weight is 353 g/mol. The van der Waals surface area contributed by atoms with Crippen LogP contribution in [0.15, 0.2) is 48.5 Å². The maximum Gasteiger partial charge on any atom is 0.251 e. The maximum atomic E-state index is 12.5. The van der Waals surface area contributed by atoms with Crippen LogP contribution in [0.1, 0.15) is 22.3 Å². The highest BCUT2D eigenvalue weighted by atomic mass is 16.5. The molecule has 26 heavy (non-hydrogen) atoms. The molecule has 2 amide bonds. The SMILES string of the molecule is Cc1ccc(N)cc1C(=O)NC1CC(=O)N(CCOc2ccccc2)C1. The lowest BCUT2D eigenvalue weighted by Gasteiger charge is -2.18. The molecule has 1 aliphatic heterocycles. The van der Waals surface area contributed by atoms with Crippen LogP contribution >= 0.6 is 0 Å². The number of nitrogen functional groups attached to an aromatic ring is 1. The number of carbonyl (C=O) groups excluding carboxylic acids is 2. The fourth-order valence-corrected chi connectivity index (χ4v) is 3.02. The number of anilines is 1. The summed E-state index contributed by atoms with van der Waals surface area (Å²) in [4.78, 5) is 26.4. The first-order valence-electron chi connectivity index (χ1n) is 8.65. The molecule has 3 rings (SSSR count). The minimum atomic E-state index is -0.201. The Morgan fingerprint density at radius 1 is 1.27 bits per heavy atom. The highest BCUT2D eigenvalue weighted by Crippen LogP contribution is 2.16. The standard InChI is InChI=1S/C20H23N3O3/c1-14-7-8-15(21)11-18(14)20(25)22-16-12-19(24)23(13-16)9-10-26-17-5-3-2-4-6-17/h2-8,11,16H,9-10,12-13,21H2,1H3,(H,22,25). The Morgan fingerprint density at radius 2 is 2.04 bits per heavy atom. The van der Waals surface area contributed by atoms with Crippen LogP contribution in [0.5, 0.6) is 5.75 Å². The van der Waals surface area contributed by atoms with Crippen LogP contribution < -0.4 is 15.8 Å². The number of benzene rings is 2. The van der Waals surface area contributed by atoms with Crippen molar-refractivity contribution >= 4 is 17.5 Å². The van der Waals surface area contributed by atoms with Crippen molar-refractivity contribution in [2.24, 2.45) is 0 Å². The summed E-state index contributed by atoms with van der Waals surface area (Å²) in [5.41, 5.74) is 7.71. The van der Waals surface area contributed by atoms with Crippen LogP contribution in [-0.2, 0) is 4.79 Å². The van der Waals surface area contributed by atoms with Crippen molar-refractivity contribution in [3.05, 3.63) is 59.7 Å². The summed E-state index contributed by atoms with van der Waals surface area (Å²) in [6.45, 7) is 3.27. The van der Waals surface area contributed by atoms with Crippen molar-refractivity contribution in [2.75, 3.05) is 25.4 Å². The quantitative estimate of drug-likeness (QED) is 0.778. The number of carbonyl (C=O) groups is 2. The van der Waals surface area contributed by atoms with E-state index in [4.69, 9.17) is 10.5 Å². The molecule has 1 aliphatic rings. The Bertz CT molecular complexity index is 792. The van der Waals surface area contributed by atoms with E-state index in [0.29, 0.717) is 37.4 Å². The number of para-hydroxylation sites is 1. The first-order chi connectivity index (χ1) is 12.5. The van der Waals surface area contributed by atoms with Gasteiger partial charge in [-0.3, -0.25) is 9.59 Å². The van der Waals surface area contributed by atoms with Crippen molar-refractivity contribution < 1.29 is 14.3 Å². The van der Waals surface area contributed by atoms with Gasteiger partial charge in [0.1, 0.15) is 12.4 Å². The van der Waals surface area contributed by atoms with E-state index >= 15 is 0 Å². The molecule has 136 valence electrons. The van der Waals surface area contributed by atoms with Crippen molar-refractivity contribution in [1.29, 1.82) is 0 Å². The van der Waals surface area contributed by atoms with Gasteiger partial charge in [-0.2, -0.15) is 0 Å². The molecule has 1 unspecified atom stereocenters. The fourth-order valence-electron chi connectivity index (χ4n) is 3.02. The van der Waals surface area contributed by atoms with E-state index in [2.05, 4.69) is 5.32 Å². The smallest absolute Gasteiger partial charge is 0.251 e. The molecule has 1 heterocycles. The molecular formula is C20H23N3O3. The number of hydrogen-bond acceptors (Lipinski definition) is 4. The molecule has 1 saturated heterocycles. The number of likely N-dealkylation sites (tertiary alicyclic amines) is 1. The van der Waals surface area contributed by atoms with Gasteiger partial charge < -0.3 is 20.7 Å². The molecular weight excluding hydrogens is 330 g/mol. The summed E-state index contributed by atoms with van der Waals surface area (Å²) < 4.78 is 5.64. The van der Waals surface area contributed by atoms with Crippen molar-refractivity contribution in [3.8, 4) is 5.75 Å². The Morgan fingerprint density at radius 3 is 2.81 bits per heavy atom. The summed E-state index contributed by atoms with van der Waals surface area (Å²) in [7, 11) is 0. The molecule has 0 bridgehead atoms. The maximum absolute atomic E-state index is 12.5. The first-order valence-corrected chi connectivity index (χ1v) is 8.65. The summed E-state index contributed by atoms with van der Waals surface area (Å²) in [5, 5.41) is 2.93. The number of ether oxygens (including phenoxy) is 1. The zero-order valence-corrected chi connectivity index (χ0v) is 14.8. The predicted molar refractivity (Wildman–Crippen MR) is 100.0 cm³/mol. The van der Waals surface area contributed by atoms with E-state index in [1.165, 1.54) is 0 Å². The molecule has 0 radical (unpaired) electrons. The third-order valence-electron chi connectivity index (χ3n) is 4.43. The third-order valence-corrected chi connectivity index (χ3v) is 4.43. The van der Waals surface area contributed by atoms with Gasteiger partial charge >= 0.3 is 0 Å². The zero-order chi connectivity index (χ0) is 18.5. The van der Waals surface area contributed by atoms with Crippen molar-refractivity contribution in [2.45, 2.75) is 19.4 Å². The van der Waals surface area contributed by atoms with Gasteiger partial charge in [-0.1, -0.05) is 24.3 Å². The molecule has 0 aliphatic carbocycles. The van der Waals surface area contributed by atoms with Gasteiger partial charge in [0.2, 0.25) is 5.91 Å². The molecule has 1 atom stereocenters. The Kier molecular flexibility index (Phi) is 5.41. The number of hydrogen-bond donors (Lipinski definition) is 2. The van der Waals surface area contributed by atoms with Gasteiger partial charge in [-0.05, 0) is 36.8 Å². The largest absolute Gasteiger partial charge is 0.492 e. The van der Waals surface area contributed by atoms with Crippen LogP contribution in [0.3, 0.4) is 0 Å². The second kappa shape index (κ2) is 7.91. The molecule has 0 saturated carbocycles. The normalized spacial score (nSPS) is 16.6. The molecule has 0 spiro atoms. The van der Waals surface area contributed by atoms with Crippen molar-refractivity contribution in [3.63, 3.8) is 0 Å². The van der Waals surface area contributed by atoms with Crippen LogP contribution in [0, 0.1) is 6.92 Å². The van der Waals surface area contributed by atoms with E-state index in [1.54, 1.807) is 17.0 Å². The highest BCUT2D eigenvalue weighted by Gasteiger charge is 2.30. The van der Waals surface area contributed by atoms with Crippen LogP contribution in [0.4, 0.5) is 5.69 Å². The first kappa shape index (κ1) is 17.8. The molecule has 2 aromatic carbocycles. The van der Waals surface area contributed by atoms with E-state index in [1.807, 2.05) is 43.3 Å². The molecule has 6 heteroatoms. The lowest BCUT2D eigenvalue weighted by atomic mass is 10.1. The van der Waals surface area contributed by atoms with Crippen LogP contribution in [0.2, 0.25) is 0 Å². The molecule has 6 nitrogen and oxygen atoms in total. The third kappa shape index (κ3) is 4.33. The number of nitrogens with zero attached hydrogens (tertiary/aromatic N) is 1. The lowest BCUT2D eigenvalue weighted by molar-refractivity contribution is -0.128. The number of amides is 2. The molecule has 3 N–H and O–H groups in total. The summed E-state index contributed by atoms with van der Waals surface area (Å²) in [5.74, 6) is 0.604. The topological polar surface area (TPSA) is 84.7 Å². The summed E-state index contributed by atoms with van der Waals surface area (Å²) in [6.07, 6.45) is 0.304. The predicted octanol–water partition coefficient (Wildman–Crippen LogP) is 1.99. The van der Waals surface area contributed by atoms with E-state index in [9.17, 15) is 9.59 Å². The van der Waals surface area contributed by atoms with E-state index < -0.39 is 0 Å². The average Bonchev–Trinajstić information content (AvgIpc) is 2.97. The lowest BCUT2D eigenvalue weighted by Crippen LogP contribution is -2.38. The Labute approximate surface area is 152 Å². The van der Waals surface area contributed by atoms with Gasteiger partial charge in [0, 0.05) is 24.2 Å². The number of aryl methyl sites for hydroxylation is 1. The Balaban J connectivity index is 1.51. The van der Waals surface area contributed by atoms with E-state index in [-0.39, 0.29) is 17.9 Å². The van der Waals surface area contributed by atoms with Gasteiger partial charge in [-0.15, -0.1) is 0 Å². The second-order valence-corrected chi connectivity index (χ2v) is 6.45. The molecule has 1 fully saturated rings. The van der Waals surface area contributed by atoms with Gasteiger partial charge in [0.25, 0.3) is 5.91 Å². The molecule has 2 aromatic rings. The number of nitrogens with two attached hydrogens (primary N) is 1. The van der Waals surface area contributed by atoms with Crippen LogP contribution in [-0.4, -0.2) is 42.5 Å².